The van der Waals surface area contributed by atoms with Gasteiger partial charge < -0.3 is 24.6 Å². The molecule has 1 unspecified atom stereocenters. The van der Waals surface area contributed by atoms with Crippen LogP contribution < -0.4 is 19.7 Å². The number of ketones is 1. The number of carbonyl (C=O) groups excluding carboxylic acids is 2. The van der Waals surface area contributed by atoms with Crippen LogP contribution >= 0.6 is 0 Å². The van der Waals surface area contributed by atoms with Crippen LogP contribution in [0.4, 0.5) is 11.4 Å². The van der Waals surface area contributed by atoms with Gasteiger partial charge in [0.15, 0.2) is 5.78 Å². The molecule has 3 aromatic rings. The Kier molecular flexibility index (Phi) is 6.98. The first-order chi connectivity index (χ1) is 19.8. The maximum Gasteiger partial charge on any atom is 0.242 e. The third-order valence-electron chi connectivity index (χ3n) is 8.53. The number of anilines is 2. The van der Waals surface area contributed by atoms with Gasteiger partial charge in [0.1, 0.15) is 11.5 Å². The number of fused-ring (bicyclic) bond motifs is 2. The first-order valence-electron chi connectivity index (χ1n) is 14.2. The number of hydrogen-bond donors (Lipinski definition) is 1. The quantitative estimate of drug-likeness (QED) is 0.426. The standard InChI is InChI=1S/C34H37N3O4/c1-34(2)18-27-32(29(38)19-34)33(25-14-13-24(40-3)17-30(25)41-4)37(28-12-8-7-11-26(28)35-27)21-31(39)36-16-15-22-9-5-6-10-23(22)20-36/h5-14,17,33,35H,15-16,18-21H2,1-4H3. The topological polar surface area (TPSA) is 71.1 Å². The van der Waals surface area contributed by atoms with Crippen molar-refractivity contribution in [2.45, 2.75) is 45.7 Å². The van der Waals surface area contributed by atoms with Gasteiger partial charge in [-0.05, 0) is 53.6 Å². The number of nitrogens with zero attached hydrogens (tertiary/aromatic N) is 2. The van der Waals surface area contributed by atoms with Crippen molar-refractivity contribution in [3.63, 3.8) is 0 Å². The Bertz CT molecular complexity index is 1540. The van der Waals surface area contributed by atoms with Crippen molar-refractivity contribution >= 4 is 23.1 Å². The second-order valence-corrected chi connectivity index (χ2v) is 11.9. The average Bonchev–Trinajstić information content (AvgIpc) is 3.10. The number of nitrogens with one attached hydrogen (secondary N) is 1. The van der Waals surface area contributed by atoms with E-state index in [0.717, 1.165) is 35.5 Å². The Morgan fingerprint density at radius 2 is 1.73 bits per heavy atom. The molecule has 1 aliphatic carbocycles. The highest BCUT2D eigenvalue weighted by Gasteiger charge is 2.43. The van der Waals surface area contributed by atoms with Gasteiger partial charge >= 0.3 is 0 Å². The Balaban J connectivity index is 1.49. The summed E-state index contributed by atoms with van der Waals surface area (Å²) < 4.78 is 11.4. The van der Waals surface area contributed by atoms with Crippen LogP contribution in [0.1, 0.15) is 49.4 Å². The van der Waals surface area contributed by atoms with E-state index in [0.29, 0.717) is 36.6 Å². The lowest BCUT2D eigenvalue weighted by Crippen LogP contribution is -2.45. The Morgan fingerprint density at radius 1 is 0.976 bits per heavy atom. The smallest absolute Gasteiger partial charge is 0.242 e. The summed E-state index contributed by atoms with van der Waals surface area (Å²) in [4.78, 5) is 32.2. The summed E-state index contributed by atoms with van der Waals surface area (Å²) in [5.41, 5.74) is 6.49. The molecule has 7 nitrogen and oxygen atoms in total. The fourth-order valence-corrected chi connectivity index (χ4v) is 6.55. The van der Waals surface area contributed by atoms with E-state index in [2.05, 4.69) is 42.3 Å². The van der Waals surface area contributed by atoms with Gasteiger partial charge in [-0.1, -0.05) is 50.2 Å². The van der Waals surface area contributed by atoms with Gasteiger partial charge in [-0.3, -0.25) is 9.59 Å². The second-order valence-electron chi connectivity index (χ2n) is 11.9. The van der Waals surface area contributed by atoms with E-state index in [4.69, 9.17) is 9.47 Å². The Hall–Kier alpha value is -4.26. The van der Waals surface area contributed by atoms with Gasteiger partial charge in [-0.2, -0.15) is 0 Å². The molecule has 0 aromatic heterocycles. The lowest BCUT2D eigenvalue weighted by Gasteiger charge is -2.39. The summed E-state index contributed by atoms with van der Waals surface area (Å²) in [6.45, 7) is 5.63. The predicted octanol–water partition coefficient (Wildman–Crippen LogP) is 5.91. The van der Waals surface area contributed by atoms with Crippen LogP contribution in [-0.2, 0) is 22.6 Å². The van der Waals surface area contributed by atoms with E-state index in [-0.39, 0.29) is 23.7 Å². The molecule has 0 spiro atoms. The molecule has 6 rings (SSSR count). The van der Waals surface area contributed by atoms with Crippen molar-refractivity contribution in [1.29, 1.82) is 0 Å². The van der Waals surface area contributed by atoms with Crippen LogP contribution in [0.3, 0.4) is 0 Å². The summed E-state index contributed by atoms with van der Waals surface area (Å²) in [7, 11) is 3.25. The highest BCUT2D eigenvalue weighted by atomic mass is 16.5. The molecule has 0 fully saturated rings. The molecule has 41 heavy (non-hydrogen) atoms. The molecule has 0 saturated heterocycles. The normalized spacial score (nSPS) is 19.4. The van der Waals surface area contributed by atoms with Crippen molar-refractivity contribution in [1.82, 2.24) is 4.90 Å². The SMILES string of the molecule is COc1ccc(C2C3=C(CC(C)(C)CC3=O)Nc3ccccc3N2CC(=O)N2CCc3ccccc3C2)c(OC)c1. The highest BCUT2D eigenvalue weighted by Crippen LogP contribution is 2.50. The number of hydrogen-bond acceptors (Lipinski definition) is 6. The summed E-state index contributed by atoms with van der Waals surface area (Å²) in [5, 5.41) is 3.63. The molecule has 1 atom stereocenters. The van der Waals surface area contributed by atoms with Crippen LogP contribution in [0.15, 0.2) is 78.0 Å². The van der Waals surface area contributed by atoms with Crippen LogP contribution in [0, 0.1) is 5.41 Å². The number of amides is 1. The van der Waals surface area contributed by atoms with E-state index in [9.17, 15) is 9.59 Å². The maximum atomic E-state index is 14.1. The second kappa shape index (κ2) is 10.6. The minimum atomic E-state index is -0.522. The van der Waals surface area contributed by atoms with Gasteiger partial charge in [-0.15, -0.1) is 0 Å². The van der Waals surface area contributed by atoms with Crippen LogP contribution in [0.25, 0.3) is 0 Å². The highest BCUT2D eigenvalue weighted by molar-refractivity contribution is 6.02. The van der Waals surface area contributed by atoms with Crippen molar-refractivity contribution in [3.05, 3.63) is 94.7 Å². The molecule has 0 saturated carbocycles. The summed E-state index contributed by atoms with van der Waals surface area (Å²) >= 11 is 0. The molecular weight excluding hydrogens is 514 g/mol. The molecule has 3 aromatic carbocycles. The fourth-order valence-electron chi connectivity index (χ4n) is 6.55. The van der Waals surface area contributed by atoms with Crippen LogP contribution in [0.2, 0.25) is 0 Å². The molecular formula is C34H37N3O4. The zero-order chi connectivity index (χ0) is 28.7. The van der Waals surface area contributed by atoms with Crippen molar-refractivity contribution in [2.24, 2.45) is 5.41 Å². The van der Waals surface area contributed by atoms with Crippen LogP contribution in [0.5, 0.6) is 11.5 Å². The monoisotopic (exact) mass is 551 g/mol. The number of carbonyl (C=O) groups is 2. The van der Waals surface area contributed by atoms with Gasteiger partial charge in [0, 0.05) is 42.4 Å². The molecule has 1 N–H and O–H groups in total. The van der Waals surface area contributed by atoms with E-state index < -0.39 is 6.04 Å². The number of para-hydroxylation sites is 2. The van der Waals surface area contributed by atoms with E-state index in [1.807, 2.05) is 53.4 Å². The lowest BCUT2D eigenvalue weighted by molar-refractivity contribution is -0.130. The van der Waals surface area contributed by atoms with Crippen LogP contribution in [-0.4, -0.2) is 43.9 Å². The Labute approximate surface area is 241 Å². The minimum absolute atomic E-state index is 0.0272. The summed E-state index contributed by atoms with van der Waals surface area (Å²) in [5.74, 6) is 1.39. The molecule has 212 valence electrons. The molecule has 0 radical (unpaired) electrons. The number of Topliss-reactive ketones (excluding diaryl/α,β-unsaturated/α-hetero) is 1. The number of allylic oxidation sites excluding steroid dienone is 1. The minimum Gasteiger partial charge on any atom is -0.497 e. The average molecular weight is 552 g/mol. The number of methoxy groups -OCH3 is 2. The van der Waals surface area contributed by atoms with Crippen molar-refractivity contribution in [2.75, 3.05) is 37.5 Å². The number of rotatable bonds is 5. The molecule has 3 aliphatic rings. The van der Waals surface area contributed by atoms with E-state index in [1.165, 1.54) is 11.1 Å². The van der Waals surface area contributed by atoms with Crippen molar-refractivity contribution < 1.29 is 19.1 Å². The zero-order valence-corrected chi connectivity index (χ0v) is 24.2. The molecule has 1 amide bonds. The molecule has 2 aliphatic heterocycles. The predicted molar refractivity (Wildman–Crippen MR) is 160 cm³/mol. The maximum absolute atomic E-state index is 14.1. The zero-order valence-electron chi connectivity index (χ0n) is 24.2. The summed E-state index contributed by atoms with van der Waals surface area (Å²) in [6, 6.07) is 21.5. The van der Waals surface area contributed by atoms with Crippen molar-refractivity contribution in [3.8, 4) is 11.5 Å². The van der Waals surface area contributed by atoms with E-state index >= 15 is 0 Å². The largest absolute Gasteiger partial charge is 0.497 e. The lowest BCUT2D eigenvalue weighted by atomic mass is 9.73. The molecule has 7 heteroatoms. The van der Waals surface area contributed by atoms with Gasteiger partial charge in [0.05, 0.1) is 38.2 Å². The van der Waals surface area contributed by atoms with Gasteiger partial charge in [-0.25, -0.2) is 0 Å². The number of benzene rings is 3. The summed E-state index contributed by atoms with van der Waals surface area (Å²) in [6.07, 6.45) is 1.99. The first kappa shape index (κ1) is 26.9. The first-order valence-corrected chi connectivity index (χ1v) is 14.2. The van der Waals surface area contributed by atoms with E-state index in [1.54, 1.807) is 14.2 Å². The Morgan fingerprint density at radius 3 is 2.51 bits per heavy atom. The van der Waals surface area contributed by atoms with Gasteiger partial charge in [0.2, 0.25) is 5.91 Å². The molecule has 0 bridgehead atoms. The third-order valence-corrected chi connectivity index (χ3v) is 8.53. The number of ether oxygens (including phenoxy) is 2. The van der Waals surface area contributed by atoms with Gasteiger partial charge in [0.25, 0.3) is 0 Å². The third kappa shape index (κ3) is 5.05. The molecule has 2 heterocycles. The fraction of sp³-hybridized carbons (Fsp3) is 0.353.